The van der Waals surface area contributed by atoms with Crippen molar-refractivity contribution in [1.82, 2.24) is 5.32 Å². The van der Waals surface area contributed by atoms with E-state index in [2.05, 4.69) is 12.2 Å². The van der Waals surface area contributed by atoms with Gasteiger partial charge in [0.25, 0.3) is 0 Å². The highest BCUT2D eigenvalue weighted by Gasteiger charge is 2.40. The topological polar surface area (TPSA) is 42.2 Å². The van der Waals surface area contributed by atoms with E-state index in [1.165, 1.54) is 0 Å². The third-order valence-electron chi connectivity index (χ3n) is 4.47. The van der Waals surface area contributed by atoms with E-state index in [1.807, 2.05) is 18.2 Å². The molecule has 3 nitrogen and oxygen atoms in total. The van der Waals surface area contributed by atoms with Gasteiger partial charge in [0, 0.05) is 15.8 Å². The molecule has 0 unspecified atom stereocenters. The first-order valence-corrected chi connectivity index (χ1v) is 7.97. The molecule has 21 heavy (non-hydrogen) atoms. The molecule has 3 rings (SSSR count). The van der Waals surface area contributed by atoms with Gasteiger partial charge in [0.05, 0.1) is 0 Å². The number of hydrogen-bond acceptors (Lipinski definition) is 3. The number of carbonyl (C=O) groups excluding carboxylic acids is 1. The van der Waals surface area contributed by atoms with Gasteiger partial charge in [0.2, 0.25) is 5.78 Å². The molecular weight excluding hydrogens is 286 g/mol. The number of nitrogens with one attached hydrogen (secondary N) is 1. The standard InChI is InChI=1S/C17H20ClNO2/c1-2-5-17(6-8-19-9-7-17)16(20)15-11-12-10-13(18)3-4-14(12)21-15/h3-4,10-11,19H,2,5-9H2,1H3. The monoisotopic (exact) mass is 305 g/mol. The van der Waals surface area contributed by atoms with Crippen LogP contribution in [0, 0.1) is 5.41 Å². The lowest BCUT2D eigenvalue weighted by molar-refractivity contribution is 0.0675. The number of Topliss-reactive ketones (excluding diaryl/α,β-unsaturated/α-hetero) is 1. The number of hydrogen-bond donors (Lipinski definition) is 1. The maximum absolute atomic E-state index is 13.0. The van der Waals surface area contributed by atoms with Gasteiger partial charge in [-0.05, 0) is 56.6 Å². The summed E-state index contributed by atoms with van der Waals surface area (Å²) in [5, 5.41) is 4.89. The molecular formula is C17H20ClNO2. The van der Waals surface area contributed by atoms with E-state index >= 15 is 0 Å². The van der Waals surface area contributed by atoms with E-state index in [4.69, 9.17) is 16.0 Å². The third-order valence-corrected chi connectivity index (χ3v) is 4.71. The second kappa shape index (κ2) is 5.82. The minimum atomic E-state index is -0.266. The summed E-state index contributed by atoms with van der Waals surface area (Å²) in [6.45, 7) is 3.94. The van der Waals surface area contributed by atoms with Crippen molar-refractivity contribution in [2.24, 2.45) is 5.41 Å². The van der Waals surface area contributed by atoms with Crippen molar-refractivity contribution < 1.29 is 9.21 Å². The van der Waals surface area contributed by atoms with Crippen LogP contribution in [0.15, 0.2) is 28.7 Å². The highest BCUT2D eigenvalue weighted by molar-refractivity contribution is 6.31. The van der Waals surface area contributed by atoms with Gasteiger partial charge >= 0.3 is 0 Å². The van der Waals surface area contributed by atoms with Crippen LogP contribution < -0.4 is 5.32 Å². The zero-order valence-corrected chi connectivity index (χ0v) is 13.0. The van der Waals surface area contributed by atoms with E-state index in [0.29, 0.717) is 10.8 Å². The second-order valence-corrected chi connectivity index (χ2v) is 6.34. The maximum Gasteiger partial charge on any atom is 0.204 e. The molecule has 1 aromatic carbocycles. The molecule has 1 N–H and O–H groups in total. The van der Waals surface area contributed by atoms with Crippen molar-refractivity contribution in [3.63, 3.8) is 0 Å². The Morgan fingerprint density at radius 1 is 1.33 bits per heavy atom. The molecule has 2 heterocycles. The van der Waals surface area contributed by atoms with Crippen LogP contribution in [0.25, 0.3) is 11.0 Å². The van der Waals surface area contributed by atoms with Gasteiger partial charge in [-0.1, -0.05) is 24.9 Å². The first-order chi connectivity index (χ1) is 10.1. The molecule has 1 aliphatic heterocycles. The predicted octanol–water partition coefficient (Wildman–Crippen LogP) is 4.44. The largest absolute Gasteiger partial charge is 0.453 e. The van der Waals surface area contributed by atoms with Crippen molar-refractivity contribution >= 4 is 28.4 Å². The zero-order chi connectivity index (χ0) is 14.9. The number of benzene rings is 1. The number of carbonyl (C=O) groups is 1. The van der Waals surface area contributed by atoms with Gasteiger partial charge in [-0.15, -0.1) is 0 Å². The molecule has 4 heteroatoms. The Bertz CT molecular complexity index is 650. The van der Waals surface area contributed by atoms with E-state index in [1.54, 1.807) is 6.07 Å². The molecule has 1 fully saturated rings. The van der Waals surface area contributed by atoms with Gasteiger partial charge in [0.1, 0.15) is 5.58 Å². The fourth-order valence-electron chi connectivity index (χ4n) is 3.36. The van der Waals surface area contributed by atoms with Gasteiger partial charge in [-0.25, -0.2) is 0 Å². The quantitative estimate of drug-likeness (QED) is 0.849. The SMILES string of the molecule is CCCC1(C(=O)c2cc3cc(Cl)ccc3o2)CCNCC1. The first-order valence-electron chi connectivity index (χ1n) is 7.59. The molecule has 1 saturated heterocycles. The number of fused-ring (bicyclic) bond motifs is 1. The van der Waals surface area contributed by atoms with E-state index < -0.39 is 0 Å². The number of piperidine rings is 1. The fraction of sp³-hybridized carbons (Fsp3) is 0.471. The second-order valence-electron chi connectivity index (χ2n) is 5.90. The number of halogens is 1. The summed E-state index contributed by atoms with van der Waals surface area (Å²) in [6.07, 6.45) is 3.71. The van der Waals surface area contributed by atoms with Gasteiger partial charge in [-0.3, -0.25) is 4.79 Å². The Labute approximate surface area is 129 Å². The third kappa shape index (κ3) is 2.72. The first kappa shape index (κ1) is 14.6. The van der Waals surface area contributed by atoms with Crippen LogP contribution in [-0.4, -0.2) is 18.9 Å². The summed E-state index contributed by atoms with van der Waals surface area (Å²) in [4.78, 5) is 13.0. The van der Waals surface area contributed by atoms with Crippen molar-refractivity contribution in [2.45, 2.75) is 32.6 Å². The summed E-state index contributed by atoms with van der Waals surface area (Å²) in [5.74, 6) is 0.626. The Morgan fingerprint density at radius 3 is 2.81 bits per heavy atom. The highest BCUT2D eigenvalue weighted by atomic mass is 35.5. The molecule has 0 saturated carbocycles. The normalized spacial score (nSPS) is 18.0. The molecule has 0 bridgehead atoms. The van der Waals surface area contributed by atoms with Gasteiger partial charge in [0.15, 0.2) is 5.76 Å². The van der Waals surface area contributed by atoms with Crippen molar-refractivity contribution in [3.05, 3.63) is 35.0 Å². The molecule has 0 radical (unpaired) electrons. The van der Waals surface area contributed by atoms with Crippen LogP contribution >= 0.6 is 11.6 Å². The van der Waals surface area contributed by atoms with Crippen molar-refractivity contribution in [1.29, 1.82) is 0 Å². The number of furan rings is 1. The highest BCUT2D eigenvalue weighted by Crippen LogP contribution is 2.38. The lowest BCUT2D eigenvalue weighted by atomic mass is 9.71. The predicted molar refractivity (Wildman–Crippen MR) is 85.0 cm³/mol. The van der Waals surface area contributed by atoms with Crippen LogP contribution in [0.1, 0.15) is 43.2 Å². The van der Waals surface area contributed by atoms with Crippen molar-refractivity contribution in [2.75, 3.05) is 13.1 Å². The van der Waals surface area contributed by atoms with E-state index in [9.17, 15) is 4.79 Å². The Hall–Kier alpha value is -1.32. The molecule has 2 aromatic rings. The Balaban J connectivity index is 1.97. The summed E-state index contributed by atoms with van der Waals surface area (Å²) in [7, 11) is 0. The molecule has 0 aliphatic carbocycles. The summed E-state index contributed by atoms with van der Waals surface area (Å²) >= 11 is 6.00. The van der Waals surface area contributed by atoms with Crippen LogP contribution in [0.5, 0.6) is 0 Å². The van der Waals surface area contributed by atoms with Gasteiger partial charge in [-0.2, -0.15) is 0 Å². The lowest BCUT2D eigenvalue weighted by Gasteiger charge is -2.35. The molecule has 112 valence electrons. The lowest BCUT2D eigenvalue weighted by Crippen LogP contribution is -2.42. The summed E-state index contributed by atoms with van der Waals surface area (Å²) in [5.41, 5.74) is 0.459. The minimum absolute atomic E-state index is 0.151. The minimum Gasteiger partial charge on any atom is -0.453 e. The van der Waals surface area contributed by atoms with Gasteiger partial charge < -0.3 is 9.73 Å². The van der Waals surface area contributed by atoms with E-state index in [-0.39, 0.29) is 11.2 Å². The van der Waals surface area contributed by atoms with Crippen molar-refractivity contribution in [3.8, 4) is 0 Å². The van der Waals surface area contributed by atoms with Crippen LogP contribution in [0.4, 0.5) is 0 Å². The Kier molecular flexibility index (Phi) is 4.05. The summed E-state index contributed by atoms with van der Waals surface area (Å²) in [6, 6.07) is 7.28. The number of rotatable bonds is 4. The molecule has 0 amide bonds. The number of ketones is 1. The average molecular weight is 306 g/mol. The molecule has 1 aromatic heterocycles. The smallest absolute Gasteiger partial charge is 0.204 e. The average Bonchev–Trinajstić information content (AvgIpc) is 2.90. The fourth-order valence-corrected chi connectivity index (χ4v) is 3.54. The zero-order valence-electron chi connectivity index (χ0n) is 12.2. The Morgan fingerprint density at radius 2 is 2.10 bits per heavy atom. The maximum atomic E-state index is 13.0. The molecule has 1 aliphatic rings. The van der Waals surface area contributed by atoms with Crippen LogP contribution in [0.3, 0.4) is 0 Å². The van der Waals surface area contributed by atoms with Crippen LogP contribution in [0.2, 0.25) is 5.02 Å². The molecule has 0 spiro atoms. The van der Waals surface area contributed by atoms with E-state index in [0.717, 1.165) is 49.7 Å². The van der Waals surface area contributed by atoms with Crippen LogP contribution in [-0.2, 0) is 0 Å². The molecule has 0 atom stereocenters. The summed E-state index contributed by atoms with van der Waals surface area (Å²) < 4.78 is 5.78.